The number of hydrogen-bond donors (Lipinski definition) is 1. The minimum Gasteiger partial charge on any atom is -0.346 e. The van der Waals surface area contributed by atoms with Crippen molar-refractivity contribution in [1.29, 1.82) is 0 Å². The summed E-state index contributed by atoms with van der Waals surface area (Å²) in [6.07, 6.45) is 5.20. The van der Waals surface area contributed by atoms with E-state index in [2.05, 4.69) is 5.32 Å². The summed E-state index contributed by atoms with van der Waals surface area (Å²) in [4.78, 5) is 30.5. The quantitative estimate of drug-likeness (QED) is 0.726. The van der Waals surface area contributed by atoms with Crippen LogP contribution in [0.15, 0.2) is 47.3 Å². The molecule has 3 aromatic rings. The molecule has 0 bridgehead atoms. The lowest BCUT2D eigenvalue weighted by atomic mass is 10.0. The van der Waals surface area contributed by atoms with Crippen molar-refractivity contribution in [1.82, 2.24) is 14.9 Å². The molecule has 0 unspecified atom stereocenters. The third kappa shape index (κ3) is 3.95. The normalized spacial score (nSPS) is 15.2. The minimum absolute atomic E-state index is 0.00661. The predicted octanol–water partition coefficient (Wildman–Crippen LogP) is 4.31. The average molecular weight is 389 g/mol. The second-order valence-electron chi connectivity index (χ2n) is 7.93. The van der Waals surface area contributed by atoms with Crippen LogP contribution in [0.3, 0.4) is 0 Å². The molecule has 0 radical (unpaired) electrons. The first-order valence-corrected chi connectivity index (χ1v) is 10.4. The van der Waals surface area contributed by atoms with Crippen LogP contribution >= 0.6 is 0 Å². The van der Waals surface area contributed by atoms with Gasteiger partial charge in [0.1, 0.15) is 5.82 Å². The van der Waals surface area contributed by atoms with Gasteiger partial charge in [0.15, 0.2) is 0 Å². The third-order valence-corrected chi connectivity index (χ3v) is 5.83. The first-order valence-electron chi connectivity index (χ1n) is 10.4. The van der Waals surface area contributed by atoms with E-state index in [0.717, 1.165) is 49.2 Å². The van der Waals surface area contributed by atoms with Gasteiger partial charge in [0.25, 0.3) is 11.5 Å². The summed E-state index contributed by atoms with van der Waals surface area (Å²) in [5.74, 6) is 0.685. The number of rotatable bonds is 3. The average Bonchev–Trinajstić information content (AvgIpc) is 2.69. The number of benzene rings is 2. The maximum absolute atomic E-state index is 12.9. The maximum atomic E-state index is 12.9. The Hall–Kier alpha value is -2.95. The third-order valence-electron chi connectivity index (χ3n) is 5.83. The van der Waals surface area contributed by atoms with E-state index in [-0.39, 0.29) is 17.5 Å². The zero-order valence-corrected chi connectivity index (χ0v) is 17.1. The van der Waals surface area contributed by atoms with E-state index in [1.807, 2.05) is 42.7 Å². The first-order chi connectivity index (χ1) is 14.0. The molecule has 1 N–H and O–H groups in total. The summed E-state index contributed by atoms with van der Waals surface area (Å²) in [6, 6.07) is 13.1. The number of fused-ring (bicyclic) bond motifs is 2. The zero-order valence-electron chi connectivity index (χ0n) is 17.1. The Balaban J connectivity index is 1.64. The molecule has 0 fully saturated rings. The van der Waals surface area contributed by atoms with E-state index in [1.54, 1.807) is 18.2 Å². The fourth-order valence-corrected chi connectivity index (χ4v) is 4.17. The number of aryl methyl sites for hydroxylation is 2. The van der Waals surface area contributed by atoms with Gasteiger partial charge < -0.3 is 5.32 Å². The summed E-state index contributed by atoms with van der Waals surface area (Å²) < 4.78 is 1.82. The van der Waals surface area contributed by atoms with Gasteiger partial charge in [0.2, 0.25) is 0 Å². The second-order valence-corrected chi connectivity index (χ2v) is 7.93. The molecule has 1 aromatic heterocycles. The van der Waals surface area contributed by atoms with Gasteiger partial charge in [-0.05, 0) is 56.0 Å². The Morgan fingerprint density at radius 1 is 1.10 bits per heavy atom. The highest BCUT2D eigenvalue weighted by molar-refractivity contribution is 5.97. The summed E-state index contributed by atoms with van der Waals surface area (Å²) in [5, 5.41) is 3.64. The van der Waals surface area contributed by atoms with Crippen molar-refractivity contribution >= 4 is 16.8 Å². The highest BCUT2D eigenvalue weighted by Crippen LogP contribution is 2.19. The SMILES string of the molecule is Cc1ccccc1[C@H](C)NC(=O)c1ccc2c(=O)n3c(nc2c1)CCCCCC3. The molecule has 2 aromatic carbocycles. The Kier molecular flexibility index (Phi) is 5.47. The number of carbonyl (C=O) groups is 1. The van der Waals surface area contributed by atoms with E-state index in [1.165, 1.54) is 6.42 Å². The Morgan fingerprint density at radius 3 is 2.72 bits per heavy atom. The smallest absolute Gasteiger partial charge is 0.261 e. The summed E-state index contributed by atoms with van der Waals surface area (Å²) >= 11 is 0. The summed E-state index contributed by atoms with van der Waals surface area (Å²) in [5.41, 5.74) is 3.39. The van der Waals surface area contributed by atoms with Crippen molar-refractivity contribution in [2.24, 2.45) is 0 Å². The minimum atomic E-state index is -0.156. The van der Waals surface area contributed by atoms with Gasteiger partial charge in [-0.25, -0.2) is 4.98 Å². The van der Waals surface area contributed by atoms with E-state index >= 15 is 0 Å². The molecule has 0 saturated heterocycles. The predicted molar refractivity (Wildman–Crippen MR) is 115 cm³/mol. The molecule has 4 rings (SSSR count). The molecular formula is C24H27N3O2. The molecule has 0 saturated carbocycles. The molecule has 1 aliphatic heterocycles. The van der Waals surface area contributed by atoms with Crippen LogP contribution in [-0.4, -0.2) is 15.5 Å². The Bertz CT molecular complexity index is 1120. The first kappa shape index (κ1) is 19.4. The Labute approximate surface area is 170 Å². The lowest BCUT2D eigenvalue weighted by molar-refractivity contribution is 0.0940. The highest BCUT2D eigenvalue weighted by Gasteiger charge is 2.16. The number of nitrogens with one attached hydrogen (secondary N) is 1. The van der Waals surface area contributed by atoms with E-state index in [9.17, 15) is 9.59 Å². The van der Waals surface area contributed by atoms with Crippen LogP contribution in [0, 0.1) is 6.92 Å². The molecule has 150 valence electrons. The van der Waals surface area contributed by atoms with Crippen molar-refractivity contribution in [3.05, 3.63) is 75.3 Å². The second kappa shape index (κ2) is 8.19. The molecule has 5 nitrogen and oxygen atoms in total. The standard InChI is InChI=1S/C24H27N3O2/c1-16-9-6-7-10-19(16)17(2)25-23(28)18-12-13-20-21(15-18)26-22-11-5-3-4-8-14-27(22)24(20)29/h6-7,9-10,12-13,15,17H,3-5,8,11,14H2,1-2H3,(H,25,28)/t17-/m0/s1. The molecule has 29 heavy (non-hydrogen) atoms. The molecule has 1 aliphatic rings. The van der Waals surface area contributed by atoms with Gasteiger partial charge in [-0.3, -0.25) is 14.2 Å². The zero-order chi connectivity index (χ0) is 20.4. The van der Waals surface area contributed by atoms with Crippen LogP contribution in [0.2, 0.25) is 0 Å². The van der Waals surface area contributed by atoms with E-state index in [4.69, 9.17) is 4.98 Å². The molecule has 5 heteroatoms. The topological polar surface area (TPSA) is 64.0 Å². The number of nitrogens with zero attached hydrogens (tertiary/aromatic N) is 2. The largest absolute Gasteiger partial charge is 0.346 e. The molecule has 0 spiro atoms. The van der Waals surface area contributed by atoms with Gasteiger partial charge in [-0.1, -0.05) is 37.1 Å². The fourth-order valence-electron chi connectivity index (χ4n) is 4.17. The fraction of sp³-hybridized carbons (Fsp3) is 0.375. The van der Waals surface area contributed by atoms with Crippen LogP contribution in [0.1, 0.15) is 66.0 Å². The van der Waals surface area contributed by atoms with Crippen molar-refractivity contribution < 1.29 is 4.79 Å². The van der Waals surface area contributed by atoms with Gasteiger partial charge >= 0.3 is 0 Å². The summed E-state index contributed by atoms with van der Waals surface area (Å²) in [7, 11) is 0. The van der Waals surface area contributed by atoms with Crippen LogP contribution in [-0.2, 0) is 13.0 Å². The van der Waals surface area contributed by atoms with Gasteiger partial charge in [0, 0.05) is 18.5 Å². The van der Waals surface area contributed by atoms with E-state index in [0.29, 0.717) is 16.5 Å². The lowest BCUT2D eigenvalue weighted by Crippen LogP contribution is -2.28. The number of hydrogen-bond acceptors (Lipinski definition) is 3. The van der Waals surface area contributed by atoms with Crippen LogP contribution in [0.4, 0.5) is 0 Å². The maximum Gasteiger partial charge on any atom is 0.261 e. The molecule has 2 heterocycles. The number of amides is 1. The Morgan fingerprint density at radius 2 is 1.90 bits per heavy atom. The molecule has 1 atom stereocenters. The van der Waals surface area contributed by atoms with Gasteiger partial charge in [0.05, 0.1) is 16.9 Å². The molecular weight excluding hydrogens is 362 g/mol. The van der Waals surface area contributed by atoms with Crippen LogP contribution in [0.5, 0.6) is 0 Å². The van der Waals surface area contributed by atoms with Crippen molar-refractivity contribution in [2.45, 2.75) is 58.5 Å². The van der Waals surface area contributed by atoms with Crippen LogP contribution in [0.25, 0.3) is 10.9 Å². The van der Waals surface area contributed by atoms with E-state index < -0.39 is 0 Å². The van der Waals surface area contributed by atoms with Crippen molar-refractivity contribution in [3.63, 3.8) is 0 Å². The summed E-state index contributed by atoms with van der Waals surface area (Å²) in [6.45, 7) is 4.75. The molecule has 1 amide bonds. The van der Waals surface area contributed by atoms with Gasteiger partial charge in [-0.15, -0.1) is 0 Å². The monoisotopic (exact) mass is 389 g/mol. The van der Waals surface area contributed by atoms with Crippen LogP contribution < -0.4 is 10.9 Å². The number of aromatic nitrogens is 2. The number of carbonyl (C=O) groups excluding carboxylic acids is 1. The van der Waals surface area contributed by atoms with Crippen molar-refractivity contribution in [3.8, 4) is 0 Å². The lowest BCUT2D eigenvalue weighted by Gasteiger charge is -2.18. The van der Waals surface area contributed by atoms with Gasteiger partial charge in [-0.2, -0.15) is 0 Å². The van der Waals surface area contributed by atoms with Crippen molar-refractivity contribution in [2.75, 3.05) is 0 Å². The highest BCUT2D eigenvalue weighted by atomic mass is 16.1. The molecule has 0 aliphatic carbocycles.